The summed E-state index contributed by atoms with van der Waals surface area (Å²) < 4.78 is 61.5. The lowest BCUT2D eigenvalue weighted by Crippen LogP contribution is -2.45. The van der Waals surface area contributed by atoms with Gasteiger partial charge in [0.25, 0.3) is 0 Å². The molecule has 6 nitrogen and oxygen atoms in total. The lowest BCUT2D eigenvalue weighted by molar-refractivity contribution is -0.0496. The molecule has 0 saturated carbocycles. The number of rotatable bonds is 4. The lowest BCUT2D eigenvalue weighted by atomic mass is 9.98. The maximum Gasteiger partial charge on any atom is 0.511 e. The quantitative estimate of drug-likeness (QED) is 0.823. The third-order valence-corrected chi connectivity index (χ3v) is 8.10. The Labute approximate surface area is 158 Å². The van der Waals surface area contributed by atoms with Gasteiger partial charge in [0.05, 0.1) is 5.39 Å². The molecular weight excluding hydrogens is 401 g/mol. The topological polar surface area (TPSA) is 75.2 Å². The zero-order valence-electron chi connectivity index (χ0n) is 14.4. The summed E-state index contributed by atoms with van der Waals surface area (Å²) in [5, 5.41) is 4.38. The second-order valence-electron chi connectivity index (χ2n) is 6.93. The highest BCUT2D eigenvalue weighted by molar-refractivity contribution is 7.90. The van der Waals surface area contributed by atoms with Gasteiger partial charge >= 0.3 is 15.5 Å². The molecule has 0 bridgehead atoms. The fraction of sp³-hybridized carbons (Fsp3) is 0.625. The number of anilines is 1. The van der Waals surface area contributed by atoms with Gasteiger partial charge in [-0.3, -0.25) is 0 Å². The third-order valence-electron chi connectivity index (χ3n) is 5.27. The van der Waals surface area contributed by atoms with Crippen LogP contribution in [0.1, 0.15) is 29.7 Å². The largest absolute Gasteiger partial charge is 0.511 e. The van der Waals surface area contributed by atoms with Gasteiger partial charge < -0.3 is 5.32 Å². The molecule has 3 heterocycles. The van der Waals surface area contributed by atoms with Crippen LogP contribution in [0.2, 0.25) is 0 Å². The number of halogens is 3. The monoisotopic (exact) mass is 420 g/mol. The number of nitrogens with one attached hydrogen (secondary N) is 1. The molecular formula is C16H19F3N4O2S2. The van der Waals surface area contributed by atoms with Crippen molar-refractivity contribution in [3.8, 4) is 0 Å². The Morgan fingerprint density at radius 3 is 2.67 bits per heavy atom. The molecule has 2 aromatic heterocycles. The maximum absolute atomic E-state index is 12.7. The summed E-state index contributed by atoms with van der Waals surface area (Å²) in [7, 11) is -5.22. The maximum atomic E-state index is 12.7. The lowest BCUT2D eigenvalue weighted by Gasteiger charge is -2.31. The number of sulfonamides is 1. The Bertz CT molecular complexity index is 950. The molecule has 1 N–H and O–H groups in total. The molecule has 0 amide bonds. The van der Waals surface area contributed by atoms with E-state index in [1.807, 2.05) is 0 Å². The summed E-state index contributed by atoms with van der Waals surface area (Å²) in [6.45, 7) is 0.332. The first kappa shape index (κ1) is 18.9. The summed E-state index contributed by atoms with van der Waals surface area (Å²) in [6.07, 6.45) is 5.52. The first-order valence-electron chi connectivity index (χ1n) is 8.83. The van der Waals surface area contributed by atoms with Crippen molar-refractivity contribution in [2.45, 2.75) is 37.6 Å². The summed E-state index contributed by atoms with van der Waals surface area (Å²) in [5.74, 6) is 0.867. The number of aryl methyl sites for hydroxylation is 2. The molecule has 148 valence electrons. The number of hydrogen-bond acceptors (Lipinski definition) is 6. The van der Waals surface area contributed by atoms with Crippen molar-refractivity contribution in [3.63, 3.8) is 0 Å². The van der Waals surface area contributed by atoms with Gasteiger partial charge in [0.2, 0.25) is 0 Å². The molecule has 1 fully saturated rings. The normalized spacial score (nSPS) is 19.5. The average molecular weight is 420 g/mol. The van der Waals surface area contributed by atoms with Crippen molar-refractivity contribution in [2.24, 2.45) is 5.92 Å². The van der Waals surface area contributed by atoms with Gasteiger partial charge in [-0.05, 0) is 43.6 Å². The Morgan fingerprint density at radius 1 is 1.22 bits per heavy atom. The molecule has 1 aliphatic carbocycles. The van der Waals surface area contributed by atoms with Crippen LogP contribution in [0.3, 0.4) is 0 Å². The van der Waals surface area contributed by atoms with E-state index in [-0.39, 0.29) is 19.0 Å². The van der Waals surface area contributed by atoms with Crippen molar-refractivity contribution in [1.82, 2.24) is 14.3 Å². The summed E-state index contributed by atoms with van der Waals surface area (Å²) in [4.78, 5) is 11.0. The highest BCUT2D eigenvalue weighted by Crippen LogP contribution is 2.39. The molecule has 0 unspecified atom stereocenters. The van der Waals surface area contributed by atoms with Crippen molar-refractivity contribution >= 4 is 37.4 Å². The number of nitrogens with zero attached hydrogens (tertiary/aromatic N) is 3. The second-order valence-corrected chi connectivity index (χ2v) is 9.95. The molecule has 0 aromatic carbocycles. The van der Waals surface area contributed by atoms with E-state index in [1.165, 1.54) is 16.8 Å². The van der Waals surface area contributed by atoms with E-state index in [0.29, 0.717) is 23.7 Å². The van der Waals surface area contributed by atoms with Crippen LogP contribution in [0, 0.1) is 5.92 Å². The number of alkyl halides is 3. The smallest absolute Gasteiger partial charge is 0.369 e. The van der Waals surface area contributed by atoms with Crippen LogP contribution in [0.25, 0.3) is 10.2 Å². The molecule has 1 aliphatic heterocycles. The first-order chi connectivity index (χ1) is 12.8. The van der Waals surface area contributed by atoms with E-state index in [9.17, 15) is 21.6 Å². The molecule has 2 aliphatic rings. The highest BCUT2D eigenvalue weighted by atomic mass is 32.2. The zero-order chi connectivity index (χ0) is 19.2. The number of thiophene rings is 1. The second kappa shape index (κ2) is 6.85. The minimum absolute atomic E-state index is 0.0985. The molecule has 0 radical (unpaired) electrons. The van der Waals surface area contributed by atoms with Gasteiger partial charge in [0.15, 0.2) is 0 Å². The van der Waals surface area contributed by atoms with Crippen molar-refractivity contribution in [3.05, 3.63) is 16.8 Å². The van der Waals surface area contributed by atoms with Crippen LogP contribution in [0.5, 0.6) is 0 Å². The number of aromatic nitrogens is 2. The fourth-order valence-corrected chi connectivity index (χ4v) is 6.02. The van der Waals surface area contributed by atoms with Crippen LogP contribution in [-0.4, -0.2) is 47.8 Å². The Kier molecular flexibility index (Phi) is 4.79. The zero-order valence-corrected chi connectivity index (χ0v) is 16.1. The van der Waals surface area contributed by atoms with Crippen LogP contribution in [0.15, 0.2) is 6.33 Å². The van der Waals surface area contributed by atoms with Crippen LogP contribution < -0.4 is 5.32 Å². The van der Waals surface area contributed by atoms with Gasteiger partial charge in [0, 0.05) is 24.5 Å². The van der Waals surface area contributed by atoms with Crippen LogP contribution in [0.4, 0.5) is 19.0 Å². The fourth-order valence-electron chi connectivity index (χ4n) is 3.80. The van der Waals surface area contributed by atoms with Gasteiger partial charge in [-0.1, -0.05) is 0 Å². The Hall–Kier alpha value is -1.46. The molecule has 1 saturated heterocycles. The van der Waals surface area contributed by atoms with E-state index < -0.39 is 15.5 Å². The van der Waals surface area contributed by atoms with E-state index >= 15 is 0 Å². The molecule has 27 heavy (non-hydrogen) atoms. The van der Waals surface area contributed by atoms with Gasteiger partial charge in [-0.25, -0.2) is 18.4 Å². The molecule has 0 atom stereocenters. The summed E-state index contributed by atoms with van der Waals surface area (Å²) in [5.41, 5.74) is -3.92. The van der Waals surface area contributed by atoms with Gasteiger partial charge in [-0.15, -0.1) is 11.3 Å². The first-order valence-corrected chi connectivity index (χ1v) is 11.1. The van der Waals surface area contributed by atoms with Crippen molar-refractivity contribution in [1.29, 1.82) is 0 Å². The molecule has 11 heteroatoms. The summed E-state index contributed by atoms with van der Waals surface area (Å²) >= 11 is 1.70. The standard InChI is InChI=1S/C16H19F3N4O2S2/c17-16(18,19)27(24,25)23-6-4-10(5-7-23)8-20-14-13-11-2-1-3-12(11)26-15(13)22-9-21-14/h9-10H,1-8H2,(H,20,21,22). The van der Waals surface area contributed by atoms with Crippen LogP contribution >= 0.6 is 11.3 Å². The minimum Gasteiger partial charge on any atom is -0.369 e. The van der Waals surface area contributed by atoms with Gasteiger partial charge in [0.1, 0.15) is 17.0 Å². The van der Waals surface area contributed by atoms with Crippen molar-refractivity contribution in [2.75, 3.05) is 25.0 Å². The van der Waals surface area contributed by atoms with Gasteiger partial charge in [-0.2, -0.15) is 17.5 Å². The Balaban J connectivity index is 1.41. The van der Waals surface area contributed by atoms with E-state index in [2.05, 4.69) is 15.3 Å². The van der Waals surface area contributed by atoms with Crippen LogP contribution in [-0.2, 0) is 22.9 Å². The minimum atomic E-state index is -5.23. The average Bonchev–Trinajstić information content (AvgIpc) is 3.20. The van der Waals surface area contributed by atoms with E-state index in [0.717, 1.165) is 35.3 Å². The van der Waals surface area contributed by atoms with E-state index in [1.54, 1.807) is 11.3 Å². The highest BCUT2D eigenvalue weighted by Gasteiger charge is 2.50. The molecule has 4 rings (SSSR count). The molecule has 2 aromatic rings. The Morgan fingerprint density at radius 2 is 1.96 bits per heavy atom. The molecule has 0 spiro atoms. The van der Waals surface area contributed by atoms with E-state index in [4.69, 9.17) is 0 Å². The third kappa shape index (κ3) is 3.40. The number of hydrogen-bond donors (Lipinski definition) is 1. The summed E-state index contributed by atoms with van der Waals surface area (Å²) in [6, 6.07) is 0. The van der Waals surface area contributed by atoms with Crippen molar-refractivity contribution < 1.29 is 21.6 Å². The number of piperidine rings is 1. The number of fused-ring (bicyclic) bond motifs is 3. The predicted molar refractivity (Wildman–Crippen MR) is 97.2 cm³/mol. The SMILES string of the molecule is O=S(=O)(N1CCC(CNc2ncnc3sc4c(c23)CCC4)CC1)C(F)(F)F. The predicted octanol–water partition coefficient (Wildman–Crippen LogP) is 3.15.